The van der Waals surface area contributed by atoms with Gasteiger partial charge in [0, 0.05) is 35.5 Å². The standard InChI is InChI=1S/C20H27N3O3S/c1-12-15(13(2)26-22-12)9-23-8-7-14-16(11-27-19(14)10-23)20(25)21-17-5-3-4-6-18(17)24/h11,17-18,24H,3-10H2,1-2H3,(H,21,25)/t17-,18-/m0/s1. The lowest BCUT2D eigenvalue weighted by atomic mass is 9.92. The predicted molar refractivity (Wildman–Crippen MR) is 104 cm³/mol. The number of fused-ring (bicyclic) bond motifs is 1. The fourth-order valence-electron chi connectivity index (χ4n) is 4.18. The average molecular weight is 390 g/mol. The van der Waals surface area contributed by atoms with E-state index < -0.39 is 6.10 Å². The molecule has 1 amide bonds. The van der Waals surface area contributed by atoms with Gasteiger partial charge in [-0.05, 0) is 38.7 Å². The van der Waals surface area contributed by atoms with Crippen LogP contribution < -0.4 is 5.32 Å². The molecular weight excluding hydrogens is 362 g/mol. The van der Waals surface area contributed by atoms with E-state index in [0.29, 0.717) is 0 Å². The molecule has 27 heavy (non-hydrogen) atoms. The summed E-state index contributed by atoms with van der Waals surface area (Å²) in [6.45, 7) is 6.53. The van der Waals surface area contributed by atoms with Crippen molar-refractivity contribution in [3.63, 3.8) is 0 Å². The maximum atomic E-state index is 12.8. The van der Waals surface area contributed by atoms with Gasteiger partial charge in [0.05, 0.1) is 23.4 Å². The zero-order valence-electron chi connectivity index (χ0n) is 16.0. The van der Waals surface area contributed by atoms with Crippen LogP contribution >= 0.6 is 11.3 Å². The van der Waals surface area contributed by atoms with Gasteiger partial charge in [-0.25, -0.2) is 0 Å². The molecule has 1 saturated carbocycles. The summed E-state index contributed by atoms with van der Waals surface area (Å²) in [5.74, 6) is 0.855. The molecule has 0 saturated heterocycles. The second-order valence-corrected chi connectivity index (χ2v) is 8.71. The van der Waals surface area contributed by atoms with E-state index in [1.165, 1.54) is 16.0 Å². The Morgan fingerprint density at radius 1 is 1.41 bits per heavy atom. The molecule has 3 heterocycles. The maximum Gasteiger partial charge on any atom is 0.252 e. The van der Waals surface area contributed by atoms with Gasteiger partial charge in [-0.1, -0.05) is 18.0 Å². The third-order valence-corrected chi connectivity index (χ3v) is 6.89. The number of aliphatic hydroxyl groups excluding tert-OH is 1. The molecule has 1 aliphatic heterocycles. The van der Waals surface area contributed by atoms with Gasteiger partial charge in [-0.2, -0.15) is 0 Å². The normalized spacial score (nSPS) is 23.2. The third-order valence-electron chi connectivity index (χ3n) is 5.88. The lowest BCUT2D eigenvalue weighted by molar-refractivity contribution is 0.0716. The Morgan fingerprint density at radius 3 is 2.96 bits per heavy atom. The first-order chi connectivity index (χ1) is 13.0. The molecule has 2 atom stereocenters. The van der Waals surface area contributed by atoms with Crippen LogP contribution in [0.4, 0.5) is 0 Å². The van der Waals surface area contributed by atoms with Gasteiger partial charge in [-0.3, -0.25) is 9.69 Å². The molecular formula is C20H27N3O3S. The molecule has 2 aromatic rings. The first-order valence-electron chi connectivity index (χ1n) is 9.75. The number of aryl methyl sites for hydroxylation is 2. The SMILES string of the molecule is Cc1noc(C)c1CN1CCc2c(C(=O)N[C@H]3CCCC[C@@H]3O)csc2C1. The molecule has 0 spiro atoms. The van der Waals surface area contributed by atoms with Crippen LogP contribution in [0.5, 0.6) is 0 Å². The third kappa shape index (κ3) is 3.81. The Bertz CT molecular complexity index is 809. The van der Waals surface area contributed by atoms with Crippen molar-refractivity contribution in [1.29, 1.82) is 0 Å². The van der Waals surface area contributed by atoms with Crippen LogP contribution in [0.1, 0.15) is 63.5 Å². The topological polar surface area (TPSA) is 78.6 Å². The van der Waals surface area contributed by atoms with E-state index >= 15 is 0 Å². The Hall–Kier alpha value is -1.70. The number of aliphatic hydroxyl groups is 1. The van der Waals surface area contributed by atoms with Gasteiger partial charge in [0.25, 0.3) is 5.91 Å². The fraction of sp³-hybridized carbons (Fsp3) is 0.600. The minimum Gasteiger partial charge on any atom is -0.391 e. The highest BCUT2D eigenvalue weighted by Gasteiger charge is 2.28. The molecule has 0 aromatic carbocycles. The first kappa shape index (κ1) is 18.7. The van der Waals surface area contributed by atoms with Crippen LogP contribution in [0, 0.1) is 13.8 Å². The second kappa shape index (κ2) is 7.73. The highest BCUT2D eigenvalue weighted by atomic mass is 32.1. The Balaban J connectivity index is 1.43. The second-order valence-electron chi connectivity index (χ2n) is 7.75. The minimum absolute atomic E-state index is 0.0300. The number of hydrogen-bond donors (Lipinski definition) is 2. The van der Waals surface area contributed by atoms with E-state index in [2.05, 4.69) is 15.4 Å². The summed E-state index contributed by atoms with van der Waals surface area (Å²) >= 11 is 1.66. The monoisotopic (exact) mass is 389 g/mol. The van der Waals surface area contributed by atoms with Crippen LogP contribution in [-0.4, -0.2) is 39.8 Å². The summed E-state index contributed by atoms with van der Waals surface area (Å²) in [7, 11) is 0. The number of nitrogens with one attached hydrogen (secondary N) is 1. The van der Waals surface area contributed by atoms with Crippen molar-refractivity contribution < 1.29 is 14.4 Å². The lowest BCUT2D eigenvalue weighted by Crippen LogP contribution is -2.45. The number of aromatic nitrogens is 1. The maximum absolute atomic E-state index is 12.8. The van der Waals surface area contributed by atoms with Gasteiger partial charge < -0.3 is 14.9 Å². The Labute approximate surface area is 163 Å². The predicted octanol–water partition coefficient (Wildman–Crippen LogP) is 2.94. The highest BCUT2D eigenvalue weighted by molar-refractivity contribution is 7.10. The minimum atomic E-state index is -0.414. The molecule has 146 valence electrons. The molecule has 1 fully saturated rings. The van der Waals surface area contributed by atoms with Crippen molar-refractivity contribution in [3.05, 3.63) is 38.4 Å². The van der Waals surface area contributed by atoms with Crippen LogP contribution in [0.25, 0.3) is 0 Å². The average Bonchev–Trinajstić information content (AvgIpc) is 3.21. The number of carbonyl (C=O) groups excluding carboxylic acids is 1. The van der Waals surface area contributed by atoms with E-state index in [-0.39, 0.29) is 11.9 Å². The number of thiophene rings is 1. The number of amides is 1. The molecule has 4 rings (SSSR count). The Morgan fingerprint density at radius 2 is 2.22 bits per heavy atom. The van der Waals surface area contributed by atoms with E-state index in [9.17, 15) is 9.90 Å². The molecule has 6 nitrogen and oxygen atoms in total. The van der Waals surface area contributed by atoms with E-state index in [1.54, 1.807) is 11.3 Å². The molecule has 7 heteroatoms. The first-order valence-corrected chi connectivity index (χ1v) is 10.6. The molecule has 0 unspecified atom stereocenters. The van der Waals surface area contributed by atoms with Crippen LogP contribution in [-0.2, 0) is 19.5 Å². The van der Waals surface area contributed by atoms with Crippen molar-refractivity contribution in [1.82, 2.24) is 15.4 Å². The summed E-state index contributed by atoms with van der Waals surface area (Å²) in [4.78, 5) is 16.4. The number of rotatable bonds is 4. The smallest absolute Gasteiger partial charge is 0.252 e. The fourth-order valence-corrected chi connectivity index (χ4v) is 5.30. The largest absolute Gasteiger partial charge is 0.391 e. The zero-order valence-corrected chi connectivity index (χ0v) is 16.8. The van der Waals surface area contributed by atoms with Gasteiger partial charge in [-0.15, -0.1) is 11.3 Å². The van der Waals surface area contributed by atoms with Crippen molar-refractivity contribution in [2.24, 2.45) is 0 Å². The number of nitrogens with zero attached hydrogens (tertiary/aromatic N) is 2. The van der Waals surface area contributed by atoms with Crippen molar-refractivity contribution in [3.8, 4) is 0 Å². The van der Waals surface area contributed by atoms with Crippen molar-refractivity contribution in [2.75, 3.05) is 6.54 Å². The van der Waals surface area contributed by atoms with Gasteiger partial charge in [0.15, 0.2) is 0 Å². The summed E-state index contributed by atoms with van der Waals surface area (Å²) in [6.07, 6.45) is 4.22. The van der Waals surface area contributed by atoms with Gasteiger partial charge >= 0.3 is 0 Å². The quantitative estimate of drug-likeness (QED) is 0.841. The molecule has 0 bridgehead atoms. The molecule has 2 aromatic heterocycles. The van der Waals surface area contributed by atoms with E-state index in [1.807, 2.05) is 19.2 Å². The van der Waals surface area contributed by atoms with Crippen molar-refractivity contribution in [2.45, 2.75) is 71.2 Å². The number of carbonyl (C=O) groups is 1. The van der Waals surface area contributed by atoms with Gasteiger partial charge in [0.2, 0.25) is 0 Å². The van der Waals surface area contributed by atoms with E-state index in [4.69, 9.17) is 4.52 Å². The summed E-state index contributed by atoms with van der Waals surface area (Å²) in [6, 6.07) is -0.110. The summed E-state index contributed by atoms with van der Waals surface area (Å²) < 4.78 is 5.28. The van der Waals surface area contributed by atoms with E-state index in [0.717, 1.165) is 68.8 Å². The van der Waals surface area contributed by atoms with Gasteiger partial charge in [0.1, 0.15) is 5.76 Å². The zero-order chi connectivity index (χ0) is 19.0. The lowest BCUT2D eigenvalue weighted by Gasteiger charge is -2.29. The Kier molecular flexibility index (Phi) is 5.34. The molecule has 0 radical (unpaired) electrons. The summed E-state index contributed by atoms with van der Waals surface area (Å²) in [5.41, 5.74) is 4.09. The number of hydrogen-bond acceptors (Lipinski definition) is 6. The van der Waals surface area contributed by atoms with Crippen LogP contribution in [0.3, 0.4) is 0 Å². The molecule has 2 N–H and O–H groups in total. The van der Waals surface area contributed by atoms with Crippen LogP contribution in [0.15, 0.2) is 9.90 Å². The van der Waals surface area contributed by atoms with Crippen LogP contribution in [0.2, 0.25) is 0 Å². The summed E-state index contributed by atoms with van der Waals surface area (Å²) in [5, 5.41) is 19.2. The molecule has 1 aliphatic carbocycles. The highest BCUT2D eigenvalue weighted by Crippen LogP contribution is 2.30. The molecule has 2 aliphatic rings. The van der Waals surface area contributed by atoms with Crippen molar-refractivity contribution >= 4 is 17.2 Å².